The number of benzene rings is 1. The van der Waals surface area contributed by atoms with E-state index in [4.69, 9.17) is 0 Å². The second-order valence-electron chi connectivity index (χ2n) is 5.05. The predicted molar refractivity (Wildman–Crippen MR) is 73.3 cm³/mol. The third-order valence-corrected chi connectivity index (χ3v) is 5.10. The molecule has 0 unspecified atom stereocenters. The largest absolute Gasteiger partial charge is 0.353 e. The Morgan fingerprint density at radius 3 is 2.79 bits per heavy atom. The molecule has 0 saturated heterocycles. The summed E-state index contributed by atoms with van der Waals surface area (Å²) in [5.41, 5.74) is 0. The zero-order valence-electron chi connectivity index (χ0n) is 10.5. The van der Waals surface area contributed by atoms with Gasteiger partial charge in [0.25, 0.3) is 10.0 Å². The van der Waals surface area contributed by atoms with Crippen LogP contribution in [-0.4, -0.2) is 27.0 Å². The Hall–Kier alpha value is -1.56. The van der Waals surface area contributed by atoms with Gasteiger partial charge in [0.2, 0.25) is 5.96 Å². The van der Waals surface area contributed by atoms with Crippen LogP contribution in [0.2, 0.25) is 0 Å². The Labute approximate surface area is 113 Å². The summed E-state index contributed by atoms with van der Waals surface area (Å²) in [6, 6.07) is 8.72. The monoisotopic (exact) mass is 279 g/mol. The highest BCUT2D eigenvalue weighted by Gasteiger charge is 2.31. The fraction of sp³-hybridized carbons (Fsp3) is 0.462. The summed E-state index contributed by atoms with van der Waals surface area (Å²) in [6.45, 7) is 0.713. The zero-order valence-corrected chi connectivity index (χ0v) is 11.4. The van der Waals surface area contributed by atoms with Gasteiger partial charge in [0.15, 0.2) is 0 Å². The third-order valence-electron chi connectivity index (χ3n) is 3.75. The number of sulfonamides is 1. The minimum Gasteiger partial charge on any atom is -0.353 e. The van der Waals surface area contributed by atoms with Gasteiger partial charge < -0.3 is 5.32 Å². The van der Waals surface area contributed by atoms with Crippen molar-refractivity contribution in [2.45, 2.75) is 30.2 Å². The van der Waals surface area contributed by atoms with Crippen LogP contribution < -0.4 is 10.0 Å². The molecular formula is C13H17N3O2S. The smallest absolute Gasteiger partial charge is 0.264 e. The molecule has 1 fully saturated rings. The van der Waals surface area contributed by atoms with E-state index in [0.717, 1.165) is 6.42 Å². The first-order valence-electron chi connectivity index (χ1n) is 6.54. The van der Waals surface area contributed by atoms with E-state index in [0.29, 0.717) is 24.5 Å². The highest BCUT2D eigenvalue weighted by atomic mass is 32.2. The van der Waals surface area contributed by atoms with Crippen molar-refractivity contribution in [3.8, 4) is 0 Å². The maximum atomic E-state index is 12.2. The van der Waals surface area contributed by atoms with E-state index in [-0.39, 0.29) is 4.90 Å². The molecular weight excluding hydrogens is 262 g/mol. The number of guanidine groups is 1. The average molecular weight is 279 g/mol. The molecule has 102 valence electrons. The molecule has 3 rings (SSSR count). The highest BCUT2D eigenvalue weighted by molar-refractivity contribution is 7.90. The number of hydrogen-bond acceptors (Lipinski definition) is 4. The molecule has 6 heteroatoms. The first kappa shape index (κ1) is 12.5. The van der Waals surface area contributed by atoms with E-state index in [2.05, 4.69) is 15.0 Å². The lowest BCUT2D eigenvalue weighted by molar-refractivity contribution is 0.434. The standard InChI is InChI=1S/C13H17N3O2S/c17-19(18,11-6-2-1-3-7-11)16-13-14-9-10-5-4-8-12(10)15-13/h1-3,6-7,10,12H,4-5,8-9H2,(H2,14,15,16)/t10-,12+/m0/s1. The van der Waals surface area contributed by atoms with Crippen LogP contribution in [0.15, 0.2) is 40.2 Å². The van der Waals surface area contributed by atoms with Crippen LogP contribution in [-0.2, 0) is 10.0 Å². The average Bonchev–Trinajstić information content (AvgIpc) is 2.87. The predicted octanol–water partition coefficient (Wildman–Crippen LogP) is 1.09. The molecule has 1 aliphatic heterocycles. The third kappa shape index (κ3) is 2.58. The number of nitrogens with one attached hydrogen (secondary N) is 2. The molecule has 0 bridgehead atoms. The van der Waals surface area contributed by atoms with Gasteiger partial charge in [-0.2, -0.15) is 0 Å². The summed E-state index contributed by atoms with van der Waals surface area (Å²) in [7, 11) is -3.53. The topological polar surface area (TPSA) is 70.6 Å². The normalized spacial score (nSPS) is 26.2. The number of hydrogen-bond donors (Lipinski definition) is 2. The Morgan fingerprint density at radius 2 is 2.00 bits per heavy atom. The lowest BCUT2D eigenvalue weighted by atomic mass is 10.0. The molecule has 2 atom stereocenters. The van der Waals surface area contributed by atoms with Crippen molar-refractivity contribution in [2.24, 2.45) is 10.9 Å². The van der Waals surface area contributed by atoms with Gasteiger partial charge in [-0.15, -0.1) is 0 Å². The van der Waals surface area contributed by atoms with Crippen LogP contribution in [0, 0.1) is 5.92 Å². The number of aliphatic imine (C=N–C) groups is 1. The first-order valence-corrected chi connectivity index (χ1v) is 8.02. The van der Waals surface area contributed by atoms with Gasteiger partial charge in [0.05, 0.1) is 4.90 Å². The molecule has 0 aromatic heterocycles. The van der Waals surface area contributed by atoms with Crippen molar-refractivity contribution in [1.29, 1.82) is 0 Å². The molecule has 0 amide bonds. The number of fused-ring (bicyclic) bond motifs is 1. The van der Waals surface area contributed by atoms with Crippen LogP contribution in [0.4, 0.5) is 0 Å². The lowest BCUT2D eigenvalue weighted by Gasteiger charge is -2.27. The summed E-state index contributed by atoms with van der Waals surface area (Å²) < 4.78 is 26.9. The quantitative estimate of drug-likeness (QED) is 0.851. The molecule has 0 radical (unpaired) electrons. The van der Waals surface area contributed by atoms with E-state index in [9.17, 15) is 8.42 Å². The van der Waals surface area contributed by atoms with Gasteiger partial charge in [-0.3, -0.25) is 4.99 Å². The summed E-state index contributed by atoms with van der Waals surface area (Å²) in [4.78, 5) is 4.56. The van der Waals surface area contributed by atoms with Gasteiger partial charge in [0.1, 0.15) is 0 Å². The van der Waals surface area contributed by atoms with E-state index in [1.54, 1.807) is 30.3 Å². The van der Waals surface area contributed by atoms with Gasteiger partial charge in [-0.25, -0.2) is 13.1 Å². The number of rotatable bonds is 2. The summed E-state index contributed by atoms with van der Waals surface area (Å²) in [5.74, 6) is 0.942. The molecule has 0 spiro atoms. The van der Waals surface area contributed by atoms with E-state index in [1.807, 2.05) is 0 Å². The maximum absolute atomic E-state index is 12.2. The second-order valence-corrected chi connectivity index (χ2v) is 6.73. The van der Waals surface area contributed by atoms with Crippen LogP contribution in [0.1, 0.15) is 19.3 Å². The van der Waals surface area contributed by atoms with Crippen molar-refractivity contribution in [3.63, 3.8) is 0 Å². The zero-order chi connectivity index (χ0) is 13.3. The van der Waals surface area contributed by atoms with E-state index < -0.39 is 10.0 Å². The summed E-state index contributed by atoms with van der Waals surface area (Å²) >= 11 is 0. The van der Waals surface area contributed by atoms with Crippen molar-refractivity contribution in [3.05, 3.63) is 30.3 Å². The van der Waals surface area contributed by atoms with Gasteiger partial charge in [-0.1, -0.05) is 24.6 Å². The van der Waals surface area contributed by atoms with Crippen molar-refractivity contribution < 1.29 is 8.42 Å². The van der Waals surface area contributed by atoms with Gasteiger partial charge in [-0.05, 0) is 30.9 Å². The van der Waals surface area contributed by atoms with Gasteiger partial charge >= 0.3 is 0 Å². The Kier molecular flexibility index (Phi) is 3.18. The van der Waals surface area contributed by atoms with Crippen LogP contribution in [0.3, 0.4) is 0 Å². The molecule has 1 saturated carbocycles. The Bertz CT molecular complexity index is 583. The van der Waals surface area contributed by atoms with Crippen LogP contribution >= 0.6 is 0 Å². The minimum absolute atomic E-state index is 0.257. The van der Waals surface area contributed by atoms with Crippen molar-refractivity contribution in [2.75, 3.05) is 6.54 Å². The van der Waals surface area contributed by atoms with E-state index in [1.165, 1.54) is 12.8 Å². The molecule has 2 aliphatic rings. The minimum atomic E-state index is -3.53. The summed E-state index contributed by atoms with van der Waals surface area (Å²) in [5, 5.41) is 3.20. The molecule has 1 aromatic rings. The Balaban J connectivity index is 1.75. The fourth-order valence-electron chi connectivity index (χ4n) is 2.72. The van der Waals surface area contributed by atoms with Gasteiger partial charge in [0, 0.05) is 12.6 Å². The lowest BCUT2D eigenvalue weighted by Crippen LogP contribution is -2.50. The highest BCUT2D eigenvalue weighted by Crippen LogP contribution is 2.27. The first-order chi connectivity index (χ1) is 9.15. The van der Waals surface area contributed by atoms with Crippen molar-refractivity contribution in [1.82, 2.24) is 10.0 Å². The van der Waals surface area contributed by atoms with Crippen LogP contribution in [0.5, 0.6) is 0 Å². The SMILES string of the molecule is O=S(=O)(NC1=NC[C@@H]2CCC[C@H]2N1)c1ccccc1. The molecule has 1 heterocycles. The molecule has 5 nitrogen and oxygen atoms in total. The van der Waals surface area contributed by atoms with Crippen molar-refractivity contribution >= 4 is 16.0 Å². The second kappa shape index (κ2) is 4.85. The molecule has 1 aromatic carbocycles. The molecule has 19 heavy (non-hydrogen) atoms. The van der Waals surface area contributed by atoms with Crippen LogP contribution in [0.25, 0.3) is 0 Å². The molecule has 2 N–H and O–H groups in total. The number of nitrogens with zero attached hydrogens (tertiary/aromatic N) is 1. The summed E-state index contributed by atoms with van der Waals surface area (Å²) in [6.07, 6.45) is 3.47. The fourth-order valence-corrected chi connectivity index (χ4v) is 3.73. The van der Waals surface area contributed by atoms with E-state index >= 15 is 0 Å². The Morgan fingerprint density at radius 1 is 1.21 bits per heavy atom. The maximum Gasteiger partial charge on any atom is 0.264 e. The molecule has 1 aliphatic carbocycles.